The van der Waals surface area contributed by atoms with Crippen molar-refractivity contribution in [3.63, 3.8) is 0 Å². The quantitative estimate of drug-likeness (QED) is 0.0371. The van der Waals surface area contributed by atoms with E-state index in [0.29, 0.717) is 0 Å². The SMILES string of the molecule is CCCCCCCCCCCCCCCCCC(=O)OC(C)OC(=O)C(CCCC(=O)O)C(C)OC(=O)CCCCCCCCCCCCCCCCC. The molecule has 0 amide bonds. The molecule has 0 heterocycles. The Hall–Kier alpha value is -2.12. The molecule has 0 aromatic heterocycles. The zero-order valence-corrected chi connectivity index (χ0v) is 35.8. The Balaban J connectivity index is 4.18. The highest BCUT2D eigenvalue weighted by Crippen LogP contribution is 2.21. The van der Waals surface area contributed by atoms with Gasteiger partial charge in [0.1, 0.15) is 6.10 Å². The molecule has 0 aliphatic heterocycles. The summed E-state index contributed by atoms with van der Waals surface area (Å²) in [7, 11) is 0. The van der Waals surface area contributed by atoms with Crippen LogP contribution in [0, 0.1) is 5.92 Å². The van der Waals surface area contributed by atoms with Gasteiger partial charge in [-0.2, -0.15) is 0 Å². The van der Waals surface area contributed by atoms with Gasteiger partial charge < -0.3 is 19.3 Å². The molecule has 0 rings (SSSR count). The van der Waals surface area contributed by atoms with Gasteiger partial charge in [-0.25, -0.2) is 0 Å². The van der Waals surface area contributed by atoms with Crippen LogP contribution in [0.1, 0.15) is 252 Å². The van der Waals surface area contributed by atoms with E-state index in [1.54, 1.807) is 6.92 Å². The Morgan fingerprint density at radius 2 is 0.722 bits per heavy atom. The molecule has 8 nitrogen and oxygen atoms in total. The molecule has 0 saturated carbocycles. The van der Waals surface area contributed by atoms with Crippen LogP contribution in [0.4, 0.5) is 0 Å². The topological polar surface area (TPSA) is 116 Å². The van der Waals surface area contributed by atoms with Crippen molar-refractivity contribution >= 4 is 23.9 Å². The molecule has 318 valence electrons. The standard InChI is InChI=1S/C46H86O8/c1-5-7-9-11-13-15-17-19-21-23-25-27-29-31-33-38-44(49)52-40(3)42(36-35-37-43(47)48)46(51)54-41(4)53-45(50)39-34-32-30-28-26-24-22-20-18-16-14-12-10-8-6-2/h40-42H,5-39H2,1-4H3,(H,47,48). The summed E-state index contributed by atoms with van der Waals surface area (Å²) < 4.78 is 16.4. The summed E-state index contributed by atoms with van der Waals surface area (Å²) in [5.41, 5.74) is 0. The van der Waals surface area contributed by atoms with Crippen molar-refractivity contribution in [3.05, 3.63) is 0 Å². The average Bonchev–Trinajstić information content (AvgIpc) is 3.13. The van der Waals surface area contributed by atoms with E-state index in [2.05, 4.69) is 13.8 Å². The molecule has 3 atom stereocenters. The average molecular weight is 767 g/mol. The maximum atomic E-state index is 13.1. The molecule has 0 aliphatic rings. The normalized spacial score (nSPS) is 13.0. The van der Waals surface area contributed by atoms with E-state index in [9.17, 15) is 19.2 Å². The van der Waals surface area contributed by atoms with Crippen LogP contribution in [0.15, 0.2) is 0 Å². The summed E-state index contributed by atoms with van der Waals surface area (Å²) in [5.74, 6) is -3.22. The number of carboxylic acids is 1. The van der Waals surface area contributed by atoms with Gasteiger partial charge in [-0.3, -0.25) is 19.2 Å². The lowest BCUT2D eigenvalue weighted by atomic mass is 9.96. The van der Waals surface area contributed by atoms with E-state index >= 15 is 0 Å². The molecule has 0 fully saturated rings. The van der Waals surface area contributed by atoms with Gasteiger partial charge >= 0.3 is 23.9 Å². The minimum atomic E-state index is -1.08. The number of unbranched alkanes of at least 4 members (excludes halogenated alkanes) is 28. The maximum Gasteiger partial charge on any atom is 0.315 e. The predicted octanol–water partition coefficient (Wildman–Crippen LogP) is 13.7. The second-order valence-electron chi connectivity index (χ2n) is 16.0. The molecule has 0 bridgehead atoms. The third kappa shape index (κ3) is 35.6. The van der Waals surface area contributed by atoms with Crippen molar-refractivity contribution in [2.24, 2.45) is 5.92 Å². The molecule has 0 spiro atoms. The highest BCUT2D eigenvalue weighted by molar-refractivity contribution is 5.75. The number of carbonyl (C=O) groups is 4. The molecule has 0 aromatic rings. The molecule has 3 unspecified atom stereocenters. The van der Waals surface area contributed by atoms with Crippen molar-refractivity contribution in [3.8, 4) is 0 Å². The van der Waals surface area contributed by atoms with E-state index in [1.807, 2.05) is 0 Å². The Kier molecular flexibility index (Phi) is 37.6. The lowest BCUT2D eigenvalue weighted by Gasteiger charge is -2.24. The van der Waals surface area contributed by atoms with Crippen LogP contribution < -0.4 is 0 Å². The Morgan fingerprint density at radius 1 is 0.407 bits per heavy atom. The first-order valence-corrected chi connectivity index (χ1v) is 23.0. The summed E-state index contributed by atoms with van der Waals surface area (Å²) in [4.78, 5) is 49.2. The Bertz CT molecular complexity index is 890. The van der Waals surface area contributed by atoms with Crippen LogP contribution >= 0.6 is 0 Å². The van der Waals surface area contributed by atoms with Gasteiger partial charge in [-0.05, 0) is 32.6 Å². The highest BCUT2D eigenvalue weighted by atomic mass is 16.7. The second kappa shape index (κ2) is 39.1. The van der Waals surface area contributed by atoms with Crippen molar-refractivity contribution in [2.45, 2.75) is 265 Å². The predicted molar refractivity (Wildman–Crippen MR) is 221 cm³/mol. The number of rotatable bonds is 41. The van der Waals surface area contributed by atoms with Crippen molar-refractivity contribution in [1.29, 1.82) is 0 Å². The fourth-order valence-corrected chi connectivity index (χ4v) is 7.17. The maximum absolute atomic E-state index is 13.1. The van der Waals surface area contributed by atoms with Crippen LogP contribution in [-0.4, -0.2) is 41.4 Å². The molecular weight excluding hydrogens is 680 g/mol. The fourth-order valence-electron chi connectivity index (χ4n) is 7.17. The third-order valence-corrected chi connectivity index (χ3v) is 10.6. The van der Waals surface area contributed by atoms with E-state index in [4.69, 9.17) is 19.3 Å². The number of hydrogen-bond acceptors (Lipinski definition) is 7. The molecule has 0 saturated heterocycles. The summed E-state index contributed by atoms with van der Waals surface area (Å²) in [5, 5.41) is 9.10. The first-order chi connectivity index (χ1) is 26.2. The summed E-state index contributed by atoms with van der Waals surface area (Å²) in [6.07, 6.45) is 36.5. The number of hydrogen-bond donors (Lipinski definition) is 1. The van der Waals surface area contributed by atoms with Gasteiger partial charge in [0.15, 0.2) is 0 Å². The van der Waals surface area contributed by atoms with Crippen molar-refractivity contribution in [2.75, 3.05) is 0 Å². The van der Waals surface area contributed by atoms with Crippen LogP contribution in [0.3, 0.4) is 0 Å². The van der Waals surface area contributed by atoms with E-state index in [1.165, 1.54) is 161 Å². The van der Waals surface area contributed by atoms with Crippen molar-refractivity contribution in [1.82, 2.24) is 0 Å². The minimum Gasteiger partial charge on any atom is -0.481 e. The molecule has 0 aromatic carbocycles. The molecule has 54 heavy (non-hydrogen) atoms. The molecule has 1 N–H and O–H groups in total. The fraction of sp³-hybridized carbons (Fsp3) is 0.913. The van der Waals surface area contributed by atoms with E-state index in [-0.39, 0.29) is 38.1 Å². The summed E-state index contributed by atoms with van der Waals surface area (Å²) >= 11 is 0. The molecular formula is C46H86O8. The second-order valence-corrected chi connectivity index (χ2v) is 16.0. The first kappa shape index (κ1) is 51.9. The van der Waals surface area contributed by atoms with Gasteiger partial charge in [0.2, 0.25) is 6.29 Å². The molecule has 8 heteroatoms. The van der Waals surface area contributed by atoms with Gasteiger partial charge in [0, 0.05) is 26.2 Å². The van der Waals surface area contributed by atoms with Crippen molar-refractivity contribution < 1.29 is 38.5 Å². The smallest absolute Gasteiger partial charge is 0.315 e. The van der Waals surface area contributed by atoms with Crippen LogP contribution in [0.25, 0.3) is 0 Å². The largest absolute Gasteiger partial charge is 0.481 e. The van der Waals surface area contributed by atoms with E-state index in [0.717, 1.165) is 38.5 Å². The zero-order chi connectivity index (χ0) is 39.9. The van der Waals surface area contributed by atoms with Gasteiger partial charge in [-0.15, -0.1) is 0 Å². The van der Waals surface area contributed by atoms with Crippen LogP contribution in [0.2, 0.25) is 0 Å². The zero-order valence-electron chi connectivity index (χ0n) is 35.8. The molecule has 0 aliphatic carbocycles. The lowest BCUT2D eigenvalue weighted by molar-refractivity contribution is -0.191. The van der Waals surface area contributed by atoms with E-state index < -0.39 is 36.2 Å². The number of carboxylic acid groups (broad SMARTS) is 1. The lowest BCUT2D eigenvalue weighted by Crippen LogP contribution is -2.34. The summed E-state index contributed by atoms with van der Waals surface area (Å²) in [6, 6.07) is 0. The number of aliphatic carboxylic acids is 1. The van der Waals surface area contributed by atoms with Crippen LogP contribution in [-0.2, 0) is 33.4 Å². The highest BCUT2D eigenvalue weighted by Gasteiger charge is 2.31. The van der Waals surface area contributed by atoms with Crippen LogP contribution in [0.5, 0.6) is 0 Å². The number of carbonyl (C=O) groups excluding carboxylic acids is 3. The molecule has 0 radical (unpaired) electrons. The minimum absolute atomic E-state index is 0.104. The third-order valence-electron chi connectivity index (χ3n) is 10.6. The number of ether oxygens (including phenoxy) is 3. The Morgan fingerprint density at radius 3 is 1.06 bits per heavy atom. The monoisotopic (exact) mass is 767 g/mol. The Labute approximate surface area is 332 Å². The van der Waals surface area contributed by atoms with Gasteiger partial charge in [0.05, 0.1) is 5.92 Å². The number of esters is 3. The van der Waals surface area contributed by atoms with Gasteiger partial charge in [-0.1, -0.05) is 194 Å². The van der Waals surface area contributed by atoms with Gasteiger partial charge in [0.25, 0.3) is 0 Å². The summed E-state index contributed by atoms with van der Waals surface area (Å²) in [6.45, 7) is 7.66. The first-order valence-electron chi connectivity index (χ1n) is 23.0.